The molecule has 0 spiro atoms. The molecule has 0 amide bonds. The Balaban J connectivity index is 2.41. The summed E-state index contributed by atoms with van der Waals surface area (Å²) in [5.41, 5.74) is 0.479. The minimum absolute atomic E-state index is 0.347. The number of aryl methyl sites for hydroxylation is 1. The number of carbonyl (C=O) groups excluding carboxylic acids is 1. The molecular weight excluding hydrogens is 248 g/mol. The Morgan fingerprint density at radius 2 is 2.44 bits per heavy atom. The van der Waals surface area contributed by atoms with E-state index in [9.17, 15) is 4.79 Å². The van der Waals surface area contributed by atoms with Crippen molar-refractivity contribution in [3.8, 4) is 0 Å². The van der Waals surface area contributed by atoms with Crippen molar-refractivity contribution < 1.29 is 9.53 Å². The molecular formula is C13H14N2O2S. The van der Waals surface area contributed by atoms with Crippen LogP contribution in [0, 0.1) is 0 Å². The molecule has 5 heteroatoms. The zero-order valence-electron chi connectivity index (χ0n) is 10.3. The summed E-state index contributed by atoms with van der Waals surface area (Å²) in [6.45, 7) is 2.14. The highest BCUT2D eigenvalue weighted by Crippen LogP contribution is 2.20. The van der Waals surface area contributed by atoms with Gasteiger partial charge in [0.05, 0.1) is 6.61 Å². The van der Waals surface area contributed by atoms with Gasteiger partial charge in [-0.1, -0.05) is 6.07 Å². The van der Waals surface area contributed by atoms with Crippen molar-refractivity contribution in [3.05, 3.63) is 40.6 Å². The number of carbonyl (C=O) groups is 1. The summed E-state index contributed by atoms with van der Waals surface area (Å²) in [6, 6.07) is 3.89. The van der Waals surface area contributed by atoms with Gasteiger partial charge in [-0.25, -0.2) is 9.78 Å². The Morgan fingerprint density at radius 3 is 3.00 bits per heavy atom. The normalized spacial score (nSPS) is 11.6. The second kappa shape index (κ2) is 5.64. The maximum Gasteiger partial charge on any atom is 0.341 e. The number of rotatable bonds is 4. The number of hydrogen-bond acceptors (Lipinski definition) is 4. The van der Waals surface area contributed by atoms with Crippen molar-refractivity contribution in [2.75, 3.05) is 6.61 Å². The van der Waals surface area contributed by atoms with Crippen molar-refractivity contribution in [2.24, 2.45) is 7.05 Å². The summed E-state index contributed by atoms with van der Waals surface area (Å²) in [4.78, 5) is 17.2. The van der Waals surface area contributed by atoms with Crippen molar-refractivity contribution in [2.45, 2.75) is 6.92 Å². The molecule has 94 valence electrons. The SMILES string of the molecule is CCOC(=O)/C(=C/c1cccs1)c1nccn1C. The molecule has 2 rings (SSSR count). The van der Waals surface area contributed by atoms with Gasteiger partial charge in [0.1, 0.15) is 11.4 Å². The van der Waals surface area contributed by atoms with Crippen LogP contribution in [0.2, 0.25) is 0 Å². The topological polar surface area (TPSA) is 44.1 Å². The number of nitrogens with zero attached hydrogens (tertiary/aromatic N) is 2. The highest BCUT2D eigenvalue weighted by atomic mass is 32.1. The first kappa shape index (κ1) is 12.6. The Bertz CT molecular complexity index is 555. The predicted molar refractivity (Wildman–Crippen MR) is 72.0 cm³/mol. The average Bonchev–Trinajstić information content (AvgIpc) is 2.97. The second-order valence-corrected chi connectivity index (χ2v) is 4.63. The van der Waals surface area contributed by atoms with Gasteiger partial charge in [-0.2, -0.15) is 0 Å². The standard InChI is InChI=1S/C13H14N2O2S/c1-3-17-13(16)11(9-10-5-4-8-18-10)12-14-6-7-15(12)2/h4-9H,3H2,1-2H3/b11-9+. The molecule has 0 N–H and O–H groups in total. The number of imidazole rings is 1. The van der Waals surface area contributed by atoms with Crippen molar-refractivity contribution in [1.29, 1.82) is 0 Å². The van der Waals surface area contributed by atoms with Gasteiger partial charge in [-0.3, -0.25) is 0 Å². The second-order valence-electron chi connectivity index (χ2n) is 3.66. The number of esters is 1. The molecule has 0 atom stereocenters. The molecule has 2 heterocycles. The highest BCUT2D eigenvalue weighted by molar-refractivity contribution is 7.10. The van der Waals surface area contributed by atoms with Crippen LogP contribution in [0.4, 0.5) is 0 Å². The lowest BCUT2D eigenvalue weighted by Crippen LogP contribution is -2.10. The van der Waals surface area contributed by atoms with Crippen LogP contribution in [0.1, 0.15) is 17.6 Å². The molecule has 0 radical (unpaired) electrons. The van der Waals surface area contributed by atoms with Gasteiger partial charge in [0.25, 0.3) is 0 Å². The Hall–Kier alpha value is -1.88. The van der Waals surface area contributed by atoms with Crippen molar-refractivity contribution in [1.82, 2.24) is 9.55 Å². The predicted octanol–water partition coefficient (Wildman–Crippen LogP) is 2.59. The first-order valence-corrected chi connectivity index (χ1v) is 6.50. The molecule has 0 saturated carbocycles. The summed E-state index contributed by atoms with van der Waals surface area (Å²) in [6.07, 6.45) is 5.28. The van der Waals surface area contributed by atoms with Crippen LogP contribution in [0.5, 0.6) is 0 Å². The van der Waals surface area contributed by atoms with E-state index in [1.165, 1.54) is 0 Å². The largest absolute Gasteiger partial charge is 0.462 e. The molecule has 2 aromatic heterocycles. The van der Waals surface area contributed by atoms with Gasteiger partial charge in [0.15, 0.2) is 0 Å². The van der Waals surface area contributed by atoms with Crippen LogP contribution in [-0.2, 0) is 16.6 Å². The fraction of sp³-hybridized carbons (Fsp3) is 0.231. The summed E-state index contributed by atoms with van der Waals surface area (Å²) in [7, 11) is 1.85. The smallest absolute Gasteiger partial charge is 0.341 e. The fourth-order valence-corrected chi connectivity index (χ4v) is 2.22. The van der Waals surface area contributed by atoms with E-state index in [0.717, 1.165) is 4.88 Å². The first-order valence-electron chi connectivity index (χ1n) is 5.62. The summed E-state index contributed by atoms with van der Waals surface area (Å²) in [5, 5.41) is 1.97. The fourth-order valence-electron chi connectivity index (χ4n) is 1.56. The van der Waals surface area contributed by atoms with Crippen LogP contribution in [0.3, 0.4) is 0 Å². The van der Waals surface area contributed by atoms with Gasteiger partial charge < -0.3 is 9.30 Å². The molecule has 0 fully saturated rings. The summed E-state index contributed by atoms with van der Waals surface area (Å²) >= 11 is 1.57. The first-order chi connectivity index (χ1) is 8.72. The molecule has 0 saturated heterocycles. The van der Waals surface area contributed by atoms with E-state index in [0.29, 0.717) is 18.0 Å². The Kier molecular flexibility index (Phi) is 3.94. The average molecular weight is 262 g/mol. The minimum atomic E-state index is -0.347. The summed E-state index contributed by atoms with van der Waals surface area (Å²) < 4.78 is 6.88. The molecule has 2 aromatic rings. The van der Waals surface area contributed by atoms with Crippen LogP contribution >= 0.6 is 11.3 Å². The monoisotopic (exact) mass is 262 g/mol. The number of hydrogen-bond donors (Lipinski definition) is 0. The van der Waals surface area contributed by atoms with Crippen LogP contribution < -0.4 is 0 Å². The van der Waals surface area contributed by atoms with Crippen LogP contribution in [0.25, 0.3) is 11.6 Å². The molecule has 0 aromatic carbocycles. The third-order valence-electron chi connectivity index (χ3n) is 2.39. The Labute approximate surface area is 110 Å². The van der Waals surface area contributed by atoms with E-state index in [-0.39, 0.29) is 5.97 Å². The minimum Gasteiger partial charge on any atom is -0.462 e. The third kappa shape index (κ3) is 2.68. The van der Waals surface area contributed by atoms with Crippen LogP contribution in [-0.4, -0.2) is 22.1 Å². The molecule has 0 unspecified atom stereocenters. The molecule has 4 nitrogen and oxygen atoms in total. The number of thiophene rings is 1. The van der Waals surface area contributed by atoms with Gasteiger partial charge in [-0.05, 0) is 24.4 Å². The van der Waals surface area contributed by atoms with E-state index in [1.807, 2.05) is 30.6 Å². The van der Waals surface area contributed by atoms with Gasteiger partial charge in [-0.15, -0.1) is 11.3 Å². The number of aromatic nitrogens is 2. The molecule has 18 heavy (non-hydrogen) atoms. The summed E-state index contributed by atoms with van der Waals surface area (Å²) in [5.74, 6) is 0.266. The number of ether oxygens (including phenoxy) is 1. The van der Waals surface area contributed by atoms with E-state index < -0.39 is 0 Å². The van der Waals surface area contributed by atoms with E-state index in [2.05, 4.69) is 4.98 Å². The van der Waals surface area contributed by atoms with Gasteiger partial charge in [0.2, 0.25) is 0 Å². The Morgan fingerprint density at radius 1 is 1.61 bits per heavy atom. The molecule has 0 aliphatic carbocycles. The van der Waals surface area contributed by atoms with Crippen molar-refractivity contribution >= 4 is 29.0 Å². The van der Waals surface area contributed by atoms with E-state index >= 15 is 0 Å². The third-order valence-corrected chi connectivity index (χ3v) is 3.21. The molecule has 0 aliphatic rings. The molecule has 0 aliphatic heterocycles. The van der Waals surface area contributed by atoms with E-state index in [4.69, 9.17) is 4.74 Å². The lowest BCUT2D eigenvalue weighted by atomic mass is 10.2. The maximum absolute atomic E-state index is 12.0. The highest BCUT2D eigenvalue weighted by Gasteiger charge is 2.17. The maximum atomic E-state index is 12.0. The zero-order chi connectivity index (χ0) is 13.0. The van der Waals surface area contributed by atoms with Gasteiger partial charge >= 0.3 is 5.97 Å². The lowest BCUT2D eigenvalue weighted by molar-refractivity contribution is -0.136. The van der Waals surface area contributed by atoms with E-state index in [1.54, 1.807) is 35.2 Å². The van der Waals surface area contributed by atoms with Gasteiger partial charge in [0, 0.05) is 24.3 Å². The molecule has 0 bridgehead atoms. The van der Waals surface area contributed by atoms with Crippen molar-refractivity contribution in [3.63, 3.8) is 0 Å². The zero-order valence-corrected chi connectivity index (χ0v) is 11.1. The van der Waals surface area contributed by atoms with Crippen LogP contribution in [0.15, 0.2) is 29.9 Å². The quantitative estimate of drug-likeness (QED) is 0.628. The lowest BCUT2D eigenvalue weighted by Gasteiger charge is -2.06.